The highest BCUT2D eigenvalue weighted by Gasteiger charge is 2.27. The third-order valence-electron chi connectivity index (χ3n) is 2.29. The third-order valence-corrected chi connectivity index (χ3v) is 2.47. The number of hydrogen-bond donors (Lipinski definition) is 0. The smallest absolute Gasteiger partial charge is 0.411 e. The van der Waals surface area contributed by atoms with Crippen molar-refractivity contribution in [3.8, 4) is 17.6 Å². The maximum absolute atomic E-state index is 11.8. The molecule has 0 aromatic heterocycles. The zero-order valence-electron chi connectivity index (χ0n) is 11.4. The van der Waals surface area contributed by atoms with E-state index in [1.54, 1.807) is 6.07 Å². The Bertz CT molecular complexity index is 478. The molecule has 0 fully saturated rings. The van der Waals surface area contributed by atoms with E-state index in [1.165, 1.54) is 0 Å². The van der Waals surface area contributed by atoms with E-state index in [2.05, 4.69) is 16.6 Å². The zero-order valence-corrected chi connectivity index (χ0v) is 12.1. The summed E-state index contributed by atoms with van der Waals surface area (Å²) in [6, 6.07) is 7.23. The number of halogens is 4. The van der Waals surface area contributed by atoms with Gasteiger partial charge in [0.1, 0.15) is 12.4 Å². The van der Waals surface area contributed by atoms with Gasteiger partial charge in [-0.15, -0.1) is 11.6 Å². The summed E-state index contributed by atoms with van der Waals surface area (Å²) in [5.41, 5.74) is 0.735. The second-order valence-corrected chi connectivity index (χ2v) is 4.48. The van der Waals surface area contributed by atoms with Crippen LogP contribution in [-0.2, 0) is 4.74 Å². The van der Waals surface area contributed by atoms with Crippen LogP contribution >= 0.6 is 11.6 Å². The summed E-state index contributed by atoms with van der Waals surface area (Å²) in [5, 5.41) is 0. The van der Waals surface area contributed by atoms with E-state index in [1.807, 2.05) is 18.2 Å². The Balaban J connectivity index is 2.34. The molecule has 0 atom stereocenters. The quantitative estimate of drug-likeness (QED) is 0.429. The monoisotopic (exact) mass is 320 g/mol. The summed E-state index contributed by atoms with van der Waals surface area (Å²) < 4.78 is 45.5. The lowest BCUT2D eigenvalue weighted by atomic mass is 10.2. The molecule has 1 rings (SSSR count). The molecule has 0 heterocycles. The number of para-hydroxylation sites is 1. The van der Waals surface area contributed by atoms with E-state index in [9.17, 15) is 13.2 Å². The lowest BCUT2D eigenvalue weighted by molar-refractivity contribution is -0.174. The van der Waals surface area contributed by atoms with Crippen LogP contribution in [0.4, 0.5) is 13.2 Å². The Morgan fingerprint density at radius 1 is 1.14 bits per heavy atom. The number of hydrogen-bond acceptors (Lipinski definition) is 2. The van der Waals surface area contributed by atoms with Crippen molar-refractivity contribution in [1.82, 2.24) is 0 Å². The average Bonchev–Trinajstić information content (AvgIpc) is 2.43. The Kier molecular flexibility index (Phi) is 8.03. The average molecular weight is 321 g/mol. The first kappa shape index (κ1) is 17.7. The summed E-state index contributed by atoms with van der Waals surface area (Å²) in [7, 11) is 0. The fourth-order valence-electron chi connectivity index (χ4n) is 1.43. The lowest BCUT2D eigenvalue weighted by Gasteiger charge is -2.09. The minimum absolute atomic E-state index is 0.000393. The van der Waals surface area contributed by atoms with Gasteiger partial charge in [-0.3, -0.25) is 0 Å². The van der Waals surface area contributed by atoms with Crippen molar-refractivity contribution in [1.29, 1.82) is 0 Å². The van der Waals surface area contributed by atoms with Crippen LogP contribution in [0, 0.1) is 11.8 Å². The highest BCUT2D eigenvalue weighted by atomic mass is 35.5. The molecule has 0 N–H and O–H groups in total. The Hall–Kier alpha value is -1.38. The maximum atomic E-state index is 11.8. The molecule has 0 saturated carbocycles. The van der Waals surface area contributed by atoms with Gasteiger partial charge >= 0.3 is 6.18 Å². The van der Waals surface area contributed by atoms with Gasteiger partial charge in [0, 0.05) is 18.7 Å². The van der Waals surface area contributed by atoms with Gasteiger partial charge < -0.3 is 9.47 Å². The molecule has 0 aliphatic carbocycles. The van der Waals surface area contributed by atoms with Gasteiger partial charge in [0.2, 0.25) is 0 Å². The first-order valence-electron chi connectivity index (χ1n) is 6.44. The van der Waals surface area contributed by atoms with E-state index in [0.717, 1.165) is 5.56 Å². The second-order valence-electron chi connectivity index (χ2n) is 4.11. The molecule has 0 unspecified atom stereocenters. The van der Waals surface area contributed by atoms with E-state index in [-0.39, 0.29) is 13.2 Å². The molecule has 2 nitrogen and oxygen atoms in total. The molecule has 0 aliphatic heterocycles. The van der Waals surface area contributed by atoms with Crippen LogP contribution in [0.3, 0.4) is 0 Å². The maximum Gasteiger partial charge on any atom is 0.411 e. The van der Waals surface area contributed by atoms with E-state index in [0.29, 0.717) is 24.5 Å². The molecule has 0 saturated heterocycles. The van der Waals surface area contributed by atoms with Crippen LogP contribution in [0.15, 0.2) is 24.3 Å². The molecular weight excluding hydrogens is 305 g/mol. The number of ether oxygens (including phenoxy) is 2. The molecule has 21 heavy (non-hydrogen) atoms. The van der Waals surface area contributed by atoms with Crippen LogP contribution in [-0.4, -0.2) is 31.9 Å². The molecular formula is C15H16ClF3O2. The van der Waals surface area contributed by atoms with Gasteiger partial charge in [-0.2, -0.15) is 13.2 Å². The van der Waals surface area contributed by atoms with Gasteiger partial charge in [-0.1, -0.05) is 24.0 Å². The van der Waals surface area contributed by atoms with Gasteiger partial charge in [-0.25, -0.2) is 0 Å². The minimum Gasteiger partial charge on any atom is -0.492 e. The minimum atomic E-state index is -4.29. The fourth-order valence-corrected chi connectivity index (χ4v) is 1.53. The Labute approximate surface area is 127 Å². The van der Waals surface area contributed by atoms with Crippen LogP contribution < -0.4 is 4.74 Å². The molecule has 1 aromatic carbocycles. The molecule has 0 spiro atoms. The molecule has 116 valence electrons. The Morgan fingerprint density at radius 2 is 1.90 bits per heavy atom. The highest BCUT2D eigenvalue weighted by molar-refractivity contribution is 6.18. The molecule has 1 aromatic rings. The van der Waals surface area contributed by atoms with Gasteiger partial charge in [0.25, 0.3) is 0 Å². The number of alkyl halides is 4. The number of benzene rings is 1. The fraction of sp³-hybridized carbons (Fsp3) is 0.467. The highest BCUT2D eigenvalue weighted by Crippen LogP contribution is 2.17. The van der Waals surface area contributed by atoms with Crippen molar-refractivity contribution in [2.45, 2.75) is 19.0 Å². The molecule has 6 heteroatoms. The first-order chi connectivity index (χ1) is 10.0. The van der Waals surface area contributed by atoms with Crippen molar-refractivity contribution in [2.75, 3.05) is 25.7 Å². The summed E-state index contributed by atoms with van der Waals surface area (Å²) >= 11 is 5.54. The topological polar surface area (TPSA) is 18.5 Å². The van der Waals surface area contributed by atoms with Crippen molar-refractivity contribution in [2.24, 2.45) is 0 Å². The second kappa shape index (κ2) is 9.54. The first-order valence-corrected chi connectivity index (χ1v) is 6.97. The zero-order chi connectivity index (χ0) is 15.6. The predicted molar refractivity (Wildman–Crippen MR) is 75.6 cm³/mol. The standard InChI is InChI=1S/C15H16ClF3O2/c16-9-4-3-7-13-6-1-2-8-14(13)21-11-5-10-20-12-15(17,18)19/h1-2,6,8H,4-5,9-12H2. The summed E-state index contributed by atoms with van der Waals surface area (Å²) in [5.74, 6) is 6.93. The molecule has 0 bridgehead atoms. The van der Waals surface area contributed by atoms with Crippen LogP contribution in [0.2, 0.25) is 0 Å². The van der Waals surface area contributed by atoms with E-state index in [4.69, 9.17) is 16.3 Å². The largest absolute Gasteiger partial charge is 0.492 e. The summed E-state index contributed by atoms with van der Waals surface area (Å²) in [6.07, 6.45) is -3.33. The lowest BCUT2D eigenvalue weighted by Crippen LogP contribution is -2.18. The van der Waals surface area contributed by atoms with Crippen LogP contribution in [0.5, 0.6) is 5.75 Å². The van der Waals surface area contributed by atoms with Crippen molar-refractivity contribution >= 4 is 11.6 Å². The van der Waals surface area contributed by atoms with Crippen molar-refractivity contribution in [3.05, 3.63) is 29.8 Å². The molecule has 0 amide bonds. The van der Waals surface area contributed by atoms with Gasteiger partial charge in [-0.05, 0) is 12.1 Å². The van der Waals surface area contributed by atoms with E-state index < -0.39 is 12.8 Å². The SMILES string of the molecule is FC(F)(F)COCCCOc1ccccc1C#CCCCl. The third kappa shape index (κ3) is 8.49. The van der Waals surface area contributed by atoms with Crippen LogP contribution in [0.25, 0.3) is 0 Å². The van der Waals surface area contributed by atoms with E-state index >= 15 is 0 Å². The van der Waals surface area contributed by atoms with Gasteiger partial charge in [0.15, 0.2) is 0 Å². The van der Waals surface area contributed by atoms with Crippen molar-refractivity contribution < 1.29 is 22.6 Å². The molecule has 0 aliphatic rings. The van der Waals surface area contributed by atoms with Crippen molar-refractivity contribution in [3.63, 3.8) is 0 Å². The summed E-state index contributed by atoms with van der Waals surface area (Å²) in [6.45, 7) is -0.959. The molecule has 0 radical (unpaired) electrons. The van der Waals surface area contributed by atoms with Crippen LogP contribution in [0.1, 0.15) is 18.4 Å². The number of rotatable bonds is 7. The summed E-state index contributed by atoms with van der Waals surface area (Å²) in [4.78, 5) is 0. The Morgan fingerprint density at radius 3 is 2.62 bits per heavy atom. The normalized spacial score (nSPS) is 10.9. The predicted octanol–water partition coefficient (Wildman–Crippen LogP) is 4.01. The van der Waals surface area contributed by atoms with Gasteiger partial charge in [0.05, 0.1) is 18.8 Å².